The second-order valence-corrected chi connectivity index (χ2v) is 5.73. The van der Waals surface area contributed by atoms with Gasteiger partial charge in [-0.05, 0) is 55.0 Å². The van der Waals surface area contributed by atoms with Crippen molar-refractivity contribution in [3.05, 3.63) is 60.5 Å². The van der Waals surface area contributed by atoms with E-state index < -0.39 is 5.97 Å². The summed E-state index contributed by atoms with van der Waals surface area (Å²) < 4.78 is 15.0. The molecule has 128 valence electrons. The Kier molecular flexibility index (Phi) is 4.79. The van der Waals surface area contributed by atoms with Crippen LogP contribution in [0.1, 0.15) is 19.3 Å². The van der Waals surface area contributed by atoms with E-state index >= 15 is 0 Å². The molecule has 1 aromatic heterocycles. The first kappa shape index (κ1) is 16.7. The molecule has 3 aromatic rings. The lowest BCUT2D eigenvalue weighted by Gasteiger charge is -2.08. The maximum absolute atomic E-state index is 13.1. The molecule has 0 aliphatic carbocycles. The molecule has 1 heterocycles. The van der Waals surface area contributed by atoms with Crippen molar-refractivity contribution in [2.24, 2.45) is 0 Å². The third kappa shape index (κ3) is 4.03. The van der Waals surface area contributed by atoms with E-state index in [2.05, 4.69) is 5.32 Å². The van der Waals surface area contributed by atoms with E-state index in [4.69, 9.17) is 5.11 Å². The largest absolute Gasteiger partial charge is 0.481 e. The molecule has 6 heteroatoms. The number of benzene rings is 2. The maximum Gasteiger partial charge on any atom is 0.303 e. The molecule has 3 rings (SSSR count). The van der Waals surface area contributed by atoms with Gasteiger partial charge < -0.3 is 15.0 Å². The molecular formula is C19H17FN2O3. The highest BCUT2D eigenvalue weighted by Gasteiger charge is 2.07. The van der Waals surface area contributed by atoms with Crippen LogP contribution in [0.4, 0.5) is 10.1 Å². The minimum Gasteiger partial charge on any atom is -0.481 e. The number of carboxylic acids is 1. The van der Waals surface area contributed by atoms with Gasteiger partial charge in [0.2, 0.25) is 5.91 Å². The van der Waals surface area contributed by atoms with E-state index in [0.29, 0.717) is 12.1 Å². The van der Waals surface area contributed by atoms with E-state index in [0.717, 1.165) is 16.6 Å². The molecule has 0 atom stereocenters. The summed E-state index contributed by atoms with van der Waals surface area (Å²) in [5.74, 6) is -1.40. The third-order valence-electron chi connectivity index (χ3n) is 3.87. The molecule has 25 heavy (non-hydrogen) atoms. The van der Waals surface area contributed by atoms with Gasteiger partial charge in [0.15, 0.2) is 0 Å². The number of carbonyl (C=O) groups excluding carboxylic acids is 1. The Morgan fingerprint density at radius 1 is 1.04 bits per heavy atom. The van der Waals surface area contributed by atoms with Crippen LogP contribution in [-0.2, 0) is 9.59 Å². The lowest BCUT2D eigenvalue weighted by molar-refractivity contribution is -0.137. The molecule has 2 N–H and O–H groups in total. The number of carbonyl (C=O) groups is 2. The molecule has 0 fully saturated rings. The van der Waals surface area contributed by atoms with E-state index in [1.165, 1.54) is 12.1 Å². The van der Waals surface area contributed by atoms with Crippen LogP contribution in [0.25, 0.3) is 16.6 Å². The highest BCUT2D eigenvalue weighted by atomic mass is 19.1. The number of amides is 1. The number of carboxylic acid groups (broad SMARTS) is 1. The smallest absolute Gasteiger partial charge is 0.303 e. The zero-order valence-electron chi connectivity index (χ0n) is 13.4. The van der Waals surface area contributed by atoms with Gasteiger partial charge in [0.25, 0.3) is 0 Å². The Hall–Kier alpha value is -3.15. The number of hydrogen-bond acceptors (Lipinski definition) is 2. The van der Waals surface area contributed by atoms with Gasteiger partial charge in [-0.2, -0.15) is 0 Å². The predicted octanol–water partition coefficient (Wildman–Crippen LogP) is 3.96. The van der Waals surface area contributed by atoms with E-state index in [9.17, 15) is 14.0 Å². The number of fused-ring (bicyclic) bond motifs is 1. The standard InChI is InChI=1S/C19H17FN2O3/c20-14-4-7-16(8-5-14)22-11-10-13-12-15(6-9-17(13)22)21-18(23)2-1-3-19(24)25/h4-12H,1-3H2,(H,21,23)(H,24,25). The molecule has 0 spiro atoms. The zero-order chi connectivity index (χ0) is 17.8. The number of hydrogen-bond donors (Lipinski definition) is 2. The summed E-state index contributed by atoms with van der Waals surface area (Å²) in [6.07, 6.45) is 2.34. The molecule has 0 bridgehead atoms. The minimum atomic E-state index is -0.906. The summed E-state index contributed by atoms with van der Waals surface area (Å²) in [4.78, 5) is 22.3. The summed E-state index contributed by atoms with van der Waals surface area (Å²) in [6.45, 7) is 0. The first-order valence-corrected chi connectivity index (χ1v) is 7.91. The Labute approximate surface area is 143 Å². The van der Waals surface area contributed by atoms with Crippen molar-refractivity contribution >= 4 is 28.5 Å². The van der Waals surface area contributed by atoms with Crippen LogP contribution in [0.2, 0.25) is 0 Å². The molecule has 0 unspecified atom stereocenters. The Morgan fingerprint density at radius 3 is 2.52 bits per heavy atom. The molecule has 5 nitrogen and oxygen atoms in total. The Bertz CT molecular complexity index is 916. The van der Waals surface area contributed by atoms with Crippen LogP contribution in [0.5, 0.6) is 0 Å². The first-order valence-electron chi connectivity index (χ1n) is 7.91. The van der Waals surface area contributed by atoms with Crippen LogP contribution >= 0.6 is 0 Å². The molecule has 0 aliphatic heterocycles. The number of aliphatic carboxylic acids is 1. The third-order valence-corrected chi connectivity index (χ3v) is 3.87. The normalized spacial score (nSPS) is 10.8. The van der Waals surface area contributed by atoms with Gasteiger partial charge in [0.1, 0.15) is 5.82 Å². The number of nitrogens with one attached hydrogen (secondary N) is 1. The van der Waals surface area contributed by atoms with Crippen LogP contribution in [0.3, 0.4) is 0 Å². The van der Waals surface area contributed by atoms with Crippen molar-refractivity contribution < 1.29 is 19.1 Å². The number of halogens is 1. The van der Waals surface area contributed by atoms with E-state index in [-0.39, 0.29) is 24.6 Å². The average molecular weight is 340 g/mol. The highest BCUT2D eigenvalue weighted by Crippen LogP contribution is 2.24. The first-order chi connectivity index (χ1) is 12.0. The van der Waals surface area contributed by atoms with E-state index in [1.54, 1.807) is 18.2 Å². The fourth-order valence-corrected chi connectivity index (χ4v) is 2.67. The number of rotatable bonds is 6. The lowest BCUT2D eigenvalue weighted by Crippen LogP contribution is -2.11. The predicted molar refractivity (Wildman–Crippen MR) is 93.3 cm³/mol. The number of nitrogens with zero attached hydrogens (tertiary/aromatic N) is 1. The van der Waals surface area contributed by atoms with Gasteiger partial charge in [0.05, 0.1) is 5.52 Å². The lowest BCUT2D eigenvalue weighted by atomic mass is 10.2. The molecule has 0 saturated carbocycles. The quantitative estimate of drug-likeness (QED) is 0.713. The highest BCUT2D eigenvalue weighted by molar-refractivity contribution is 5.94. The Balaban J connectivity index is 1.74. The Morgan fingerprint density at radius 2 is 1.80 bits per heavy atom. The fraction of sp³-hybridized carbons (Fsp3) is 0.158. The van der Waals surface area contributed by atoms with E-state index in [1.807, 2.05) is 29.0 Å². The van der Waals surface area contributed by atoms with Gasteiger partial charge in [-0.25, -0.2) is 4.39 Å². The second kappa shape index (κ2) is 7.17. The van der Waals surface area contributed by atoms with Crippen LogP contribution in [0, 0.1) is 5.82 Å². The van der Waals surface area contributed by atoms with Crippen molar-refractivity contribution in [3.8, 4) is 5.69 Å². The van der Waals surface area contributed by atoms with Gasteiger partial charge in [-0.15, -0.1) is 0 Å². The topological polar surface area (TPSA) is 71.3 Å². The molecular weight excluding hydrogens is 323 g/mol. The molecule has 0 radical (unpaired) electrons. The van der Waals surface area contributed by atoms with Crippen molar-refractivity contribution in [2.75, 3.05) is 5.32 Å². The summed E-state index contributed by atoms with van der Waals surface area (Å²) in [7, 11) is 0. The van der Waals surface area contributed by atoms with Crippen molar-refractivity contribution in [1.29, 1.82) is 0 Å². The number of aromatic nitrogens is 1. The van der Waals surface area contributed by atoms with Gasteiger partial charge >= 0.3 is 5.97 Å². The van der Waals surface area contributed by atoms with Crippen molar-refractivity contribution in [2.45, 2.75) is 19.3 Å². The zero-order valence-corrected chi connectivity index (χ0v) is 13.4. The monoisotopic (exact) mass is 340 g/mol. The van der Waals surface area contributed by atoms with Crippen LogP contribution in [0.15, 0.2) is 54.7 Å². The molecule has 0 aliphatic rings. The minimum absolute atomic E-state index is 0.0209. The van der Waals surface area contributed by atoms with Gasteiger partial charge in [0, 0.05) is 35.8 Å². The van der Waals surface area contributed by atoms with Gasteiger partial charge in [-0.3, -0.25) is 9.59 Å². The number of anilines is 1. The molecule has 0 saturated heterocycles. The average Bonchev–Trinajstić information content (AvgIpc) is 2.98. The van der Waals surface area contributed by atoms with Crippen LogP contribution in [-0.4, -0.2) is 21.6 Å². The van der Waals surface area contributed by atoms with Crippen LogP contribution < -0.4 is 5.32 Å². The second-order valence-electron chi connectivity index (χ2n) is 5.73. The molecule has 2 aromatic carbocycles. The van der Waals surface area contributed by atoms with Gasteiger partial charge in [-0.1, -0.05) is 0 Å². The van der Waals surface area contributed by atoms with Crippen molar-refractivity contribution in [3.63, 3.8) is 0 Å². The SMILES string of the molecule is O=C(O)CCCC(=O)Nc1ccc2c(ccn2-c2ccc(F)cc2)c1. The summed E-state index contributed by atoms with van der Waals surface area (Å²) in [5, 5.41) is 12.3. The van der Waals surface area contributed by atoms with Crippen molar-refractivity contribution in [1.82, 2.24) is 4.57 Å². The summed E-state index contributed by atoms with van der Waals surface area (Å²) in [5.41, 5.74) is 2.45. The summed E-state index contributed by atoms with van der Waals surface area (Å²) in [6, 6.07) is 13.7. The maximum atomic E-state index is 13.1. The fourth-order valence-electron chi connectivity index (χ4n) is 2.67. The molecule has 1 amide bonds. The summed E-state index contributed by atoms with van der Waals surface area (Å²) >= 11 is 0.